The molecule has 0 saturated carbocycles. The third-order valence-corrected chi connectivity index (χ3v) is 4.80. The van der Waals surface area contributed by atoms with Gasteiger partial charge in [0.2, 0.25) is 0 Å². The predicted octanol–water partition coefficient (Wildman–Crippen LogP) is 2.82. The number of aliphatic hydroxyl groups excluding tert-OH is 1. The van der Waals surface area contributed by atoms with Gasteiger partial charge in [-0.3, -0.25) is 4.79 Å². The SMILES string of the molecule is COC(=O)c1ccc(C(=O)NCCC(CCO)c2cccs2)cc1. The van der Waals surface area contributed by atoms with Crippen molar-refractivity contribution >= 4 is 23.2 Å². The van der Waals surface area contributed by atoms with E-state index in [1.54, 1.807) is 35.6 Å². The van der Waals surface area contributed by atoms with E-state index in [-0.39, 0.29) is 18.4 Å². The molecule has 6 heteroatoms. The van der Waals surface area contributed by atoms with E-state index in [1.165, 1.54) is 12.0 Å². The maximum absolute atomic E-state index is 12.1. The van der Waals surface area contributed by atoms with E-state index >= 15 is 0 Å². The lowest BCUT2D eigenvalue weighted by Crippen LogP contribution is -2.25. The zero-order chi connectivity index (χ0) is 17.4. The van der Waals surface area contributed by atoms with Crippen molar-refractivity contribution in [1.82, 2.24) is 5.32 Å². The molecule has 0 bridgehead atoms. The van der Waals surface area contributed by atoms with Crippen molar-refractivity contribution in [2.45, 2.75) is 18.8 Å². The second kappa shape index (κ2) is 9.20. The van der Waals surface area contributed by atoms with E-state index in [0.717, 1.165) is 6.42 Å². The molecule has 2 aromatic rings. The fraction of sp³-hybridized carbons (Fsp3) is 0.333. The number of ether oxygens (including phenoxy) is 1. The van der Waals surface area contributed by atoms with Gasteiger partial charge in [0.25, 0.3) is 5.91 Å². The summed E-state index contributed by atoms with van der Waals surface area (Å²) in [5.74, 6) is -0.359. The summed E-state index contributed by atoms with van der Waals surface area (Å²) in [5, 5.41) is 14.1. The summed E-state index contributed by atoms with van der Waals surface area (Å²) in [7, 11) is 1.32. The number of methoxy groups -OCH3 is 1. The second-order valence-electron chi connectivity index (χ2n) is 5.34. The molecule has 0 aliphatic carbocycles. The van der Waals surface area contributed by atoms with Crippen LogP contribution in [0.25, 0.3) is 0 Å². The Kier molecular flexibility index (Phi) is 6.96. The molecular formula is C18H21NO4S. The van der Waals surface area contributed by atoms with E-state index in [9.17, 15) is 14.7 Å². The standard InChI is InChI=1S/C18H21NO4S/c1-23-18(22)15-6-4-14(5-7-15)17(21)19-10-8-13(9-11-20)16-3-2-12-24-16/h2-7,12-13,20H,8-11H2,1H3,(H,19,21). The minimum atomic E-state index is -0.426. The van der Waals surface area contributed by atoms with Crippen LogP contribution in [0.1, 0.15) is 44.4 Å². The highest BCUT2D eigenvalue weighted by atomic mass is 32.1. The van der Waals surface area contributed by atoms with Crippen LogP contribution < -0.4 is 5.32 Å². The van der Waals surface area contributed by atoms with Crippen molar-refractivity contribution in [3.05, 3.63) is 57.8 Å². The van der Waals surface area contributed by atoms with Gasteiger partial charge in [0.05, 0.1) is 12.7 Å². The first-order chi connectivity index (χ1) is 11.7. The number of carbonyl (C=O) groups is 2. The molecule has 0 saturated heterocycles. The number of aliphatic hydroxyl groups is 1. The number of nitrogens with one attached hydrogen (secondary N) is 1. The molecular weight excluding hydrogens is 326 g/mol. The van der Waals surface area contributed by atoms with Crippen LogP contribution in [0.2, 0.25) is 0 Å². The van der Waals surface area contributed by atoms with Gasteiger partial charge < -0.3 is 15.2 Å². The van der Waals surface area contributed by atoms with Crippen molar-refractivity contribution in [2.24, 2.45) is 0 Å². The Hall–Kier alpha value is -2.18. The van der Waals surface area contributed by atoms with Crippen LogP contribution >= 0.6 is 11.3 Å². The Morgan fingerprint density at radius 2 is 1.88 bits per heavy atom. The molecule has 1 aromatic heterocycles. The number of rotatable bonds is 8. The molecule has 5 nitrogen and oxygen atoms in total. The highest BCUT2D eigenvalue weighted by Gasteiger charge is 2.13. The van der Waals surface area contributed by atoms with E-state index in [1.807, 2.05) is 11.4 Å². The van der Waals surface area contributed by atoms with Crippen LogP contribution in [-0.2, 0) is 4.74 Å². The summed E-state index contributed by atoms with van der Waals surface area (Å²) in [6.45, 7) is 0.658. The zero-order valence-corrected chi connectivity index (χ0v) is 14.3. The molecule has 1 heterocycles. The van der Waals surface area contributed by atoms with E-state index in [0.29, 0.717) is 24.1 Å². The number of hydrogen-bond acceptors (Lipinski definition) is 5. The molecule has 1 atom stereocenters. The van der Waals surface area contributed by atoms with Gasteiger partial charge in [-0.15, -0.1) is 11.3 Å². The van der Waals surface area contributed by atoms with Crippen LogP contribution in [0.15, 0.2) is 41.8 Å². The lowest BCUT2D eigenvalue weighted by molar-refractivity contribution is 0.0600. The van der Waals surface area contributed by atoms with Crippen LogP contribution in [-0.4, -0.2) is 37.2 Å². The third-order valence-electron chi connectivity index (χ3n) is 3.77. The number of carbonyl (C=O) groups excluding carboxylic acids is 2. The molecule has 0 aliphatic heterocycles. The number of hydrogen-bond donors (Lipinski definition) is 2. The molecule has 1 aromatic carbocycles. The van der Waals surface area contributed by atoms with Gasteiger partial charge in [-0.1, -0.05) is 6.07 Å². The van der Waals surface area contributed by atoms with Gasteiger partial charge >= 0.3 is 5.97 Å². The molecule has 1 unspecified atom stereocenters. The normalized spacial score (nSPS) is 11.8. The first kappa shape index (κ1) is 18.2. The summed E-state index contributed by atoms with van der Waals surface area (Å²) < 4.78 is 4.63. The maximum Gasteiger partial charge on any atom is 0.337 e. The highest BCUT2D eigenvalue weighted by Crippen LogP contribution is 2.26. The number of amides is 1. The first-order valence-corrected chi connectivity index (χ1v) is 8.64. The Labute approximate surface area is 145 Å². The van der Waals surface area contributed by atoms with Crippen molar-refractivity contribution in [1.29, 1.82) is 0 Å². The molecule has 2 N–H and O–H groups in total. The summed E-state index contributed by atoms with van der Waals surface area (Å²) >= 11 is 1.67. The van der Waals surface area contributed by atoms with E-state index in [4.69, 9.17) is 0 Å². The monoisotopic (exact) mass is 347 g/mol. The minimum Gasteiger partial charge on any atom is -0.465 e. The molecule has 0 spiro atoms. The zero-order valence-electron chi connectivity index (χ0n) is 13.5. The summed E-state index contributed by atoms with van der Waals surface area (Å²) in [6.07, 6.45) is 1.46. The average molecular weight is 347 g/mol. The quantitative estimate of drug-likeness (QED) is 0.720. The molecule has 128 valence electrons. The highest BCUT2D eigenvalue weighted by molar-refractivity contribution is 7.10. The Balaban J connectivity index is 1.87. The van der Waals surface area contributed by atoms with Gasteiger partial charge in [0.15, 0.2) is 0 Å². The molecule has 1 amide bonds. The minimum absolute atomic E-state index is 0.130. The lowest BCUT2D eigenvalue weighted by atomic mass is 10.00. The molecule has 0 fully saturated rings. The summed E-state index contributed by atoms with van der Waals surface area (Å²) in [6, 6.07) is 10.4. The fourth-order valence-corrected chi connectivity index (χ4v) is 3.35. The van der Waals surface area contributed by atoms with E-state index in [2.05, 4.69) is 16.1 Å². The third kappa shape index (κ3) is 4.91. The topological polar surface area (TPSA) is 75.6 Å². The fourth-order valence-electron chi connectivity index (χ4n) is 2.45. The summed E-state index contributed by atoms with van der Waals surface area (Å²) in [5.41, 5.74) is 0.909. The summed E-state index contributed by atoms with van der Waals surface area (Å²) in [4.78, 5) is 24.7. The number of thiophene rings is 1. The number of benzene rings is 1. The Morgan fingerprint density at radius 3 is 2.46 bits per heavy atom. The molecule has 0 radical (unpaired) electrons. The largest absolute Gasteiger partial charge is 0.465 e. The second-order valence-corrected chi connectivity index (χ2v) is 6.32. The van der Waals surface area contributed by atoms with Gasteiger partial charge in [0.1, 0.15) is 0 Å². The smallest absolute Gasteiger partial charge is 0.337 e. The van der Waals surface area contributed by atoms with Crippen LogP contribution in [0.3, 0.4) is 0 Å². The van der Waals surface area contributed by atoms with E-state index < -0.39 is 5.97 Å². The molecule has 0 aliphatic rings. The Morgan fingerprint density at radius 1 is 1.17 bits per heavy atom. The predicted molar refractivity (Wildman–Crippen MR) is 93.5 cm³/mol. The van der Waals surface area contributed by atoms with Gasteiger partial charge in [-0.05, 0) is 54.5 Å². The lowest BCUT2D eigenvalue weighted by Gasteiger charge is -2.14. The van der Waals surface area contributed by atoms with Crippen molar-refractivity contribution in [3.63, 3.8) is 0 Å². The number of esters is 1. The van der Waals surface area contributed by atoms with Crippen LogP contribution in [0.5, 0.6) is 0 Å². The first-order valence-electron chi connectivity index (χ1n) is 7.76. The van der Waals surface area contributed by atoms with Gasteiger partial charge in [0, 0.05) is 23.6 Å². The molecule has 24 heavy (non-hydrogen) atoms. The maximum atomic E-state index is 12.1. The Bertz CT molecular complexity index is 652. The molecule has 2 rings (SSSR count). The van der Waals surface area contributed by atoms with Crippen molar-refractivity contribution in [3.8, 4) is 0 Å². The van der Waals surface area contributed by atoms with Crippen LogP contribution in [0.4, 0.5) is 0 Å². The van der Waals surface area contributed by atoms with Gasteiger partial charge in [-0.25, -0.2) is 4.79 Å². The van der Waals surface area contributed by atoms with Gasteiger partial charge in [-0.2, -0.15) is 0 Å². The van der Waals surface area contributed by atoms with Crippen molar-refractivity contribution in [2.75, 3.05) is 20.3 Å². The average Bonchev–Trinajstić information content (AvgIpc) is 3.14. The van der Waals surface area contributed by atoms with Crippen LogP contribution in [0, 0.1) is 0 Å². The van der Waals surface area contributed by atoms with Crippen molar-refractivity contribution < 1.29 is 19.4 Å².